The van der Waals surface area contributed by atoms with Crippen molar-refractivity contribution in [1.82, 2.24) is 9.62 Å². The Balaban J connectivity index is 2.09. The van der Waals surface area contributed by atoms with Crippen molar-refractivity contribution < 1.29 is 8.42 Å². The van der Waals surface area contributed by atoms with Crippen LogP contribution in [0, 0.1) is 12.8 Å². The topological polar surface area (TPSA) is 49.4 Å². The number of nitrogens with one attached hydrogen (secondary N) is 1. The Morgan fingerprint density at radius 3 is 2.76 bits per heavy atom. The molecule has 0 radical (unpaired) electrons. The molecular weight excluding hydrogens is 372 g/mol. The zero-order valence-electron chi connectivity index (χ0n) is 12.7. The van der Waals surface area contributed by atoms with E-state index in [0.717, 1.165) is 28.7 Å². The van der Waals surface area contributed by atoms with Crippen LogP contribution in [0.4, 0.5) is 0 Å². The van der Waals surface area contributed by atoms with Gasteiger partial charge in [0, 0.05) is 19.1 Å². The highest BCUT2D eigenvalue weighted by Gasteiger charge is 2.34. The maximum absolute atomic E-state index is 12.7. The van der Waals surface area contributed by atoms with Crippen molar-refractivity contribution in [3.05, 3.63) is 15.4 Å². The summed E-state index contributed by atoms with van der Waals surface area (Å²) in [4.78, 5) is 0. The first-order valence-corrected chi connectivity index (χ1v) is 10.4. The molecule has 0 bridgehead atoms. The van der Waals surface area contributed by atoms with E-state index in [0.29, 0.717) is 29.3 Å². The summed E-state index contributed by atoms with van der Waals surface area (Å²) in [6.45, 7) is 8.39. The van der Waals surface area contributed by atoms with Crippen molar-refractivity contribution in [1.29, 1.82) is 0 Å². The summed E-state index contributed by atoms with van der Waals surface area (Å²) in [5.41, 5.74) is 0.978. The van der Waals surface area contributed by atoms with Gasteiger partial charge in [-0.15, -0.1) is 11.3 Å². The summed E-state index contributed by atoms with van der Waals surface area (Å²) < 4.78 is 28.4. The largest absolute Gasteiger partial charge is 0.314 e. The highest BCUT2D eigenvalue weighted by atomic mass is 79.9. The van der Waals surface area contributed by atoms with Crippen LogP contribution in [0.25, 0.3) is 0 Å². The van der Waals surface area contributed by atoms with Crippen molar-refractivity contribution in [2.75, 3.05) is 19.6 Å². The number of rotatable bonds is 5. The van der Waals surface area contributed by atoms with Gasteiger partial charge in [-0.25, -0.2) is 8.42 Å². The average molecular weight is 395 g/mol. The Kier molecular flexibility index (Phi) is 5.87. The molecule has 21 heavy (non-hydrogen) atoms. The molecule has 2 heterocycles. The first-order valence-electron chi connectivity index (χ1n) is 7.35. The third-order valence-electron chi connectivity index (χ3n) is 3.95. The molecule has 4 nitrogen and oxygen atoms in total. The molecule has 2 atom stereocenters. The molecular formula is C14H23BrN2O2S2. The Hall–Kier alpha value is 0.0500. The summed E-state index contributed by atoms with van der Waals surface area (Å²) in [6, 6.07) is 2.18. The van der Waals surface area contributed by atoms with Crippen molar-refractivity contribution in [2.24, 2.45) is 5.92 Å². The van der Waals surface area contributed by atoms with Crippen LogP contribution in [0.15, 0.2) is 14.1 Å². The SMILES string of the molecule is CCCNC1CCN(S(=O)(=O)c2cc(C)c(Br)s2)CC1C. The lowest BCUT2D eigenvalue weighted by molar-refractivity contribution is 0.221. The van der Waals surface area contributed by atoms with Gasteiger partial charge in [0.2, 0.25) is 0 Å². The van der Waals surface area contributed by atoms with Crippen LogP contribution in [0.5, 0.6) is 0 Å². The zero-order valence-corrected chi connectivity index (χ0v) is 15.9. The number of aryl methyl sites for hydroxylation is 1. The van der Waals surface area contributed by atoms with Gasteiger partial charge in [-0.05, 0) is 59.8 Å². The third-order valence-corrected chi connectivity index (χ3v) is 8.40. The van der Waals surface area contributed by atoms with Crippen molar-refractivity contribution in [3.63, 3.8) is 0 Å². The van der Waals surface area contributed by atoms with Gasteiger partial charge >= 0.3 is 0 Å². The molecule has 1 aliphatic rings. The molecule has 1 N–H and O–H groups in total. The Bertz CT molecular complexity index is 566. The maximum atomic E-state index is 12.7. The van der Waals surface area contributed by atoms with E-state index in [-0.39, 0.29) is 0 Å². The second-order valence-electron chi connectivity index (χ2n) is 5.71. The standard InChI is InChI=1S/C14H23BrN2O2S2/c1-4-6-16-12-5-7-17(9-11(12)3)21(18,19)13-8-10(2)14(15)20-13/h8,11-12,16H,4-7,9H2,1-3H3. The monoisotopic (exact) mass is 394 g/mol. The number of hydrogen-bond acceptors (Lipinski definition) is 4. The number of halogens is 1. The van der Waals surface area contributed by atoms with Gasteiger partial charge in [-0.1, -0.05) is 13.8 Å². The molecule has 1 saturated heterocycles. The number of piperidine rings is 1. The van der Waals surface area contributed by atoms with E-state index >= 15 is 0 Å². The van der Waals surface area contributed by atoms with Gasteiger partial charge in [0.15, 0.2) is 0 Å². The van der Waals surface area contributed by atoms with Crippen LogP contribution in [0.1, 0.15) is 32.3 Å². The third kappa shape index (κ3) is 3.88. The summed E-state index contributed by atoms with van der Waals surface area (Å²) in [5, 5.41) is 3.52. The Morgan fingerprint density at radius 2 is 2.24 bits per heavy atom. The normalized spacial score (nSPS) is 24.4. The van der Waals surface area contributed by atoms with E-state index in [2.05, 4.69) is 35.1 Å². The van der Waals surface area contributed by atoms with Crippen LogP contribution in [0.3, 0.4) is 0 Å². The molecule has 0 spiro atoms. The molecule has 1 aliphatic heterocycles. The second-order valence-corrected chi connectivity index (χ2v) is 10.2. The van der Waals surface area contributed by atoms with Gasteiger partial charge in [-0.2, -0.15) is 4.31 Å². The summed E-state index contributed by atoms with van der Waals surface area (Å²) >= 11 is 4.71. The average Bonchev–Trinajstić information content (AvgIpc) is 2.78. The minimum atomic E-state index is -3.35. The van der Waals surface area contributed by atoms with E-state index in [1.54, 1.807) is 10.4 Å². The first kappa shape index (κ1) is 17.4. The van der Waals surface area contributed by atoms with Crippen molar-refractivity contribution in [2.45, 2.75) is 43.9 Å². The van der Waals surface area contributed by atoms with Crippen LogP contribution < -0.4 is 5.32 Å². The van der Waals surface area contributed by atoms with Crippen LogP contribution in [0.2, 0.25) is 0 Å². The molecule has 0 amide bonds. The summed E-state index contributed by atoms with van der Waals surface area (Å²) in [7, 11) is -3.35. The second kappa shape index (κ2) is 7.08. The minimum Gasteiger partial charge on any atom is -0.314 e. The quantitative estimate of drug-likeness (QED) is 0.833. The molecule has 2 unspecified atom stereocenters. The lowest BCUT2D eigenvalue weighted by Crippen LogP contribution is -2.50. The van der Waals surface area contributed by atoms with Gasteiger partial charge in [0.1, 0.15) is 4.21 Å². The lowest BCUT2D eigenvalue weighted by atomic mass is 9.95. The van der Waals surface area contributed by atoms with Gasteiger partial charge in [0.05, 0.1) is 3.79 Å². The Labute approximate surface area is 140 Å². The van der Waals surface area contributed by atoms with E-state index < -0.39 is 10.0 Å². The van der Waals surface area contributed by atoms with Crippen molar-refractivity contribution in [3.8, 4) is 0 Å². The number of sulfonamides is 1. The van der Waals surface area contributed by atoms with Gasteiger partial charge in [0.25, 0.3) is 10.0 Å². The van der Waals surface area contributed by atoms with Crippen LogP contribution >= 0.6 is 27.3 Å². The van der Waals surface area contributed by atoms with E-state index in [1.165, 1.54) is 11.3 Å². The number of thiophene rings is 1. The van der Waals surface area contributed by atoms with E-state index in [4.69, 9.17) is 0 Å². The van der Waals surface area contributed by atoms with Gasteiger partial charge < -0.3 is 5.32 Å². The fraction of sp³-hybridized carbons (Fsp3) is 0.714. The lowest BCUT2D eigenvalue weighted by Gasteiger charge is -2.36. The summed E-state index contributed by atoms with van der Waals surface area (Å²) in [5.74, 6) is 0.338. The fourth-order valence-electron chi connectivity index (χ4n) is 2.64. The fourth-order valence-corrected chi connectivity index (χ4v) is 6.58. The highest BCUT2D eigenvalue weighted by Crippen LogP contribution is 2.33. The van der Waals surface area contributed by atoms with Crippen LogP contribution in [-0.2, 0) is 10.0 Å². The number of nitrogens with zero attached hydrogens (tertiary/aromatic N) is 1. The smallest absolute Gasteiger partial charge is 0.252 e. The maximum Gasteiger partial charge on any atom is 0.252 e. The molecule has 1 aromatic heterocycles. The molecule has 0 aliphatic carbocycles. The molecule has 7 heteroatoms. The highest BCUT2D eigenvalue weighted by molar-refractivity contribution is 9.11. The van der Waals surface area contributed by atoms with E-state index in [9.17, 15) is 8.42 Å². The predicted molar refractivity (Wildman–Crippen MR) is 91.4 cm³/mol. The summed E-state index contributed by atoms with van der Waals surface area (Å²) in [6.07, 6.45) is 1.99. The van der Waals surface area contributed by atoms with Gasteiger partial charge in [-0.3, -0.25) is 0 Å². The molecule has 1 aromatic rings. The predicted octanol–water partition coefficient (Wildman–Crippen LogP) is 3.22. The minimum absolute atomic E-state index is 0.338. The van der Waals surface area contributed by atoms with E-state index in [1.807, 2.05) is 6.92 Å². The molecule has 0 saturated carbocycles. The first-order chi connectivity index (χ1) is 9.86. The number of hydrogen-bond donors (Lipinski definition) is 1. The zero-order chi connectivity index (χ0) is 15.6. The molecule has 120 valence electrons. The Morgan fingerprint density at radius 1 is 1.52 bits per heavy atom. The molecule has 1 fully saturated rings. The molecule has 2 rings (SSSR count). The van der Waals surface area contributed by atoms with Crippen molar-refractivity contribution >= 4 is 37.3 Å². The molecule has 0 aromatic carbocycles. The van der Waals surface area contributed by atoms with Crippen LogP contribution in [-0.4, -0.2) is 38.4 Å².